The number of benzene rings is 1. The van der Waals surface area contributed by atoms with Gasteiger partial charge in [0.25, 0.3) is 0 Å². The number of amides is 1. The van der Waals surface area contributed by atoms with E-state index in [0.717, 1.165) is 17.5 Å². The summed E-state index contributed by atoms with van der Waals surface area (Å²) in [7, 11) is 0. The zero-order valence-electron chi connectivity index (χ0n) is 12.6. The van der Waals surface area contributed by atoms with Crippen molar-refractivity contribution in [3.05, 3.63) is 35.4 Å². The molecule has 3 nitrogen and oxygen atoms in total. The molecule has 0 heterocycles. The average molecular weight is 304 g/mol. The molecule has 0 aliphatic heterocycles. The zero-order valence-corrected chi connectivity index (χ0v) is 13.4. The fraction of sp³-hybridized carbons (Fsp3) is 0.529. The van der Waals surface area contributed by atoms with Crippen LogP contribution in [-0.4, -0.2) is 16.9 Å². The monoisotopic (exact) mass is 304 g/mol. The minimum atomic E-state index is 0.108. The molecule has 0 bridgehead atoms. The Balaban J connectivity index is 1.90. The number of thiocarbonyl (C=S) groups is 1. The maximum absolute atomic E-state index is 12.2. The van der Waals surface area contributed by atoms with E-state index in [2.05, 4.69) is 12.2 Å². The number of hydrogen-bond acceptors (Lipinski definition) is 2. The van der Waals surface area contributed by atoms with Gasteiger partial charge in [-0.15, -0.1) is 0 Å². The summed E-state index contributed by atoms with van der Waals surface area (Å²) in [6.45, 7) is 2.24. The summed E-state index contributed by atoms with van der Waals surface area (Å²) in [4.78, 5) is 12.6. The number of rotatable bonds is 4. The number of nitrogens with one attached hydrogen (secondary N) is 1. The van der Waals surface area contributed by atoms with Gasteiger partial charge in [0.1, 0.15) is 4.99 Å². The molecule has 1 saturated carbocycles. The lowest BCUT2D eigenvalue weighted by Gasteiger charge is -2.22. The third-order valence-corrected chi connectivity index (χ3v) is 4.55. The Labute approximate surface area is 132 Å². The third kappa shape index (κ3) is 4.81. The van der Waals surface area contributed by atoms with Crippen molar-refractivity contribution in [2.45, 2.75) is 51.5 Å². The van der Waals surface area contributed by atoms with Crippen molar-refractivity contribution in [3.8, 4) is 0 Å². The van der Waals surface area contributed by atoms with Gasteiger partial charge in [-0.25, -0.2) is 0 Å². The van der Waals surface area contributed by atoms with Gasteiger partial charge in [-0.1, -0.05) is 62.7 Å². The van der Waals surface area contributed by atoms with E-state index in [4.69, 9.17) is 18.0 Å². The highest BCUT2D eigenvalue weighted by atomic mass is 32.1. The fourth-order valence-electron chi connectivity index (χ4n) is 2.94. The summed E-state index contributed by atoms with van der Waals surface area (Å²) in [5, 5.41) is 3.21. The summed E-state index contributed by atoms with van der Waals surface area (Å²) < 4.78 is 0. The zero-order chi connectivity index (χ0) is 15.2. The van der Waals surface area contributed by atoms with Gasteiger partial charge in [-0.2, -0.15) is 0 Å². The highest BCUT2D eigenvalue weighted by Crippen LogP contribution is 2.23. The second kappa shape index (κ2) is 7.55. The largest absolute Gasteiger partial charge is 0.389 e. The molecule has 114 valence electrons. The molecule has 2 atom stereocenters. The Kier molecular flexibility index (Phi) is 5.74. The molecule has 21 heavy (non-hydrogen) atoms. The van der Waals surface area contributed by atoms with Crippen LogP contribution in [0.1, 0.15) is 50.2 Å². The topological polar surface area (TPSA) is 55.1 Å². The summed E-state index contributed by atoms with van der Waals surface area (Å²) >= 11 is 4.93. The van der Waals surface area contributed by atoms with Gasteiger partial charge in [-0.3, -0.25) is 4.79 Å². The second-order valence-electron chi connectivity index (χ2n) is 6.03. The molecule has 1 fully saturated rings. The van der Waals surface area contributed by atoms with Gasteiger partial charge in [-0.05, 0) is 24.3 Å². The highest BCUT2D eigenvalue weighted by Gasteiger charge is 2.21. The van der Waals surface area contributed by atoms with Crippen molar-refractivity contribution in [2.75, 3.05) is 0 Å². The normalized spacial score (nSPS) is 22.3. The number of nitrogens with two attached hydrogens (primary N) is 1. The van der Waals surface area contributed by atoms with Crippen LogP contribution in [0.25, 0.3) is 0 Å². The van der Waals surface area contributed by atoms with Crippen molar-refractivity contribution in [2.24, 2.45) is 11.7 Å². The molecule has 0 aromatic heterocycles. The Morgan fingerprint density at radius 1 is 1.24 bits per heavy atom. The van der Waals surface area contributed by atoms with Crippen LogP contribution in [0.5, 0.6) is 0 Å². The predicted octanol–water partition coefficient (Wildman–Crippen LogP) is 2.95. The maximum Gasteiger partial charge on any atom is 0.224 e. The van der Waals surface area contributed by atoms with E-state index in [1.165, 1.54) is 25.7 Å². The molecule has 1 aromatic rings. The quantitative estimate of drug-likeness (QED) is 0.664. The van der Waals surface area contributed by atoms with Crippen LogP contribution >= 0.6 is 12.2 Å². The molecular formula is C17H24N2OS. The molecule has 1 amide bonds. The number of carbonyl (C=O) groups excluding carboxylic acids is 1. The molecule has 2 rings (SSSR count). The van der Waals surface area contributed by atoms with Crippen LogP contribution in [0.3, 0.4) is 0 Å². The average Bonchev–Trinajstić information content (AvgIpc) is 2.65. The summed E-state index contributed by atoms with van der Waals surface area (Å²) in [6.07, 6.45) is 6.53. The molecular weight excluding hydrogens is 280 g/mol. The number of hydrogen-bond donors (Lipinski definition) is 2. The van der Waals surface area contributed by atoms with E-state index >= 15 is 0 Å². The Bertz CT molecular complexity index is 498. The van der Waals surface area contributed by atoms with E-state index in [0.29, 0.717) is 23.4 Å². The maximum atomic E-state index is 12.2. The van der Waals surface area contributed by atoms with Crippen LogP contribution in [0.4, 0.5) is 0 Å². The van der Waals surface area contributed by atoms with Crippen molar-refractivity contribution in [3.63, 3.8) is 0 Å². The van der Waals surface area contributed by atoms with Gasteiger partial charge in [0.2, 0.25) is 5.91 Å². The van der Waals surface area contributed by atoms with E-state index in [1.807, 2.05) is 24.3 Å². The van der Waals surface area contributed by atoms with Gasteiger partial charge in [0, 0.05) is 11.6 Å². The van der Waals surface area contributed by atoms with E-state index in [-0.39, 0.29) is 5.91 Å². The molecule has 1 aliphatic rings. The molecule has 1 aromatic carbocycles. The number of carbonyl (C=O) groups is 1. The van der Waals surface area contributed by atoms with Crippen molar-refractivity contribution < 1.29 is 4.79 Å². The minimum Gasteiger partial charge on any atom is -0.389 e. The van der Waals surface area contributed by atoms with Crippen LogP contribution < -0.4 is 11.1 Å². The molecule has 3 N–H and O–H groups in total. The summed E-state index contributed by atoms with van der Waals surface area (Å²) in [6, 6.07) is 7.92. The van der Waals surface area contributed by atoms with Crippen molar-refractivity contribution in [1.29, 1.82) is 0 Å². The van der Waals surface area contributed by atoms with Gasteiger partial charge in [0.15, 0.2) is 0 Å². The van der Waals surface area contributed by atoms with E-state index in [9.17, 15) is 4.79 Å². The Hall–Kier alpha value is -1.42. The second-order valence-corrected chi connectivity index (χ2v) is 6.47. The molecule has 1 aliphatic carbocycles. The lowest BCUT2D eigenvalue weighted by molar-refractivity contribution is -0.121. The molecule has 0 spiro atoms. The standard InChI is InChI=1S/C17H24N2OS/c1-12-5-3-2-4-6-15(12)19-16(20)11-13-7-9-14(10-8-13)17(18)21/h7-10,12,15H,2-6,11H2,1H3,(H2,18,21)(H,19,20). The fourth-order valence-corrected chi connectivity index (χ4v) is 3.07. The Morgan fingerprint density at radius 2 is 1.90 bits per heavy atom. The van der Waals surface area contributed by atoms with Gasteiger partial charge >= 0.3 is 0 Å². The molecule has 2 unspecified atom stereocenters. The molecule has 0 radical (unpaired) electrons. The lowest BCUT2D eigenvalue weighted by atomic mass is 9.96. The first-order valence-corrected chi connectivity index (χ1v) is 8.15. The predicted molar refractivity (Wildman–Crippen MR) is 90.2 cm³/mol. The lowest BCUT2D eigenvalue weighted by Crippen LogP contribution is -2.39. The molecule has 0 saturated heterocycles. The van der Waals surface area contributed by atoms with Gasteiger partial charge < -0.3 is 11.1 Å². The van der Waals surface area contributed by atoms with E-state index in [1.54, 1.807) is 0 Å². The SMILES string of the molecule is CC1CCCCCC1NC(=O)Cc1ccc(C(N)=S)cc1. The Morgan fingerprint density at radius 3 is 2.57 bits per heavy atom. The van der Waals surface area contributed by atoms with Crippen LogP contribution in [0, 0.1) is 5.92 Å². The first kappa shape index (κ1) is 16.0. The van der Waals surface area contributed by atoms with Gasteiger partial charge in [0.05, 0.1) is 6.42 Å². The molecule has 4 heteroatoms. The van der Waals surface area contributed by atoms with E-state index < -0.39 is 0 Å². The van der Waals surface area contributed by atoms with Crippen molar-refractivity contribution >= 4 is 23.1 Å². The minimum absolute atomic E-state index is 0.108. The van der Waals surface area contributed by atoms with Crippen molar-refractivity contribution in [1.82, 2.24) is 5.32 Å². The van der Waals surface area contributed by atoms with Crippen LogP contribution in [-0.2, 0) is 11.2 Å². The van der Waals surface area contributed by atoms with Crippen LogP contribution in [0.2, 0.25) is 0 Å². The summed E-state index contributed by atoms with van der Waals surface area (Å²) in [5.74, 6) is 0.685. The first-order valence-electron chi connectivity index (χ1n) is 7.74. The first-order chi connectivity index (χ1) is 10.1. The smallest absolute Gasteiger partial charge is 0.224 e. The third-order valence-electron chi connectivity index (χ3n) is 4.31. The van der Waals surface area contributed by atoms with Crippen LogP contribution in [0.15, 0.2) is 24.3 Å². The summed E-state index contributed by atoms with van der Waals surface area (Å²) in [5.41, 5.74) is 7.40. The highest BCUT2D eigenvalue weighted by molar-refractivity contribution is 7.80.